The number of methoxy groups -OCH3 is 2. The maximum absolute atomic E-state index is 12.9. The van der Waals surface area contributed by atoms with Crippen LogP contribution in [0, 0.1) is 12.8 Å². The molecular weight excluding hydrogens is 328 g/mol. The van der Waals surface area contributed by atoms with Gasteiger partial charge in [-0.3, -0.25) is 9.59 Å². The second kappa shape index (κ2) is 10.0. The van der Waals surface area contributed by atoms with Gasteiger partial charge in [0.1, 0.15) is 0 Å². The molecule has 1 aromatic carbocycles. The number of hydrogen-bond donors (Lipinski definition) is 0. The third-order valence-electron chi connectivity index (χ3n) is 3.51. The van der Waals surface area contributed by atoms with Crippen molar-refractivity contribution in [1.82, 2.24) is 0 Å². The highest BCUT2D eigenvalue weighted by Gasteiger charge is 2.31. The standard InChI is InChI=1S/C18H24O5S/c1-5-6-7-15(12-16(17(19)22-3)18(20)23-4)24(21)14-10-8-13(2)9-11-14/h7-11,16H,5-6,12H2,1-4H3/b15-7+. The summed E-state index contributed by atoms with van der Waals surface area (Å²) in [7, 11) is 0.983. The Hall–Kier alpha value is -1.95. The van der Waals surface area contributed by atoms with Crippen molar-refractivity contribution in [2.75, 3.05) is 14.2 Å². The summed E-state index contributed by atoms with van der Waals surface area (Å²) < 4.78 is 22.2. The number of aryl methyl sites for hydroxylation is 1. The zero-order chi connectivity index (χ0) is 18.1. The normalized spacial score (nSPS) is 12.8. The maximum Gasteiger partial charge on any atom is 0.320 e. The van der Waals surface area contributed by atoms with Crippen LogP contribution in [0.25, 0.3) is 0 Å². The Kier molecular flexibility index (Phi) is 8.40. The summed E-state index contributed by atoms with van der Waals surface area (Å²) in [4.78, 5) is 24.9. The Morgan fingerprint density at radius 3 is 2.12 bits per heavy atom. The van der Waals surface area contributed by atoms with E-state index >= 15 is 0 Å². The minimum atomic E-state index is -1.44. The highest BCUT2D eigenvalue weighted by Crippen LogP contribution is 2.24. The van der Waals surface area contributed by atoms with Crippen LogP contribution in [-0.2, 0) is 29.9 Å². The van der Waals surface area contributed by atoms with Crippen LogP contribution in [0.4, 0.5) is 0 Å². The zero-order valence-electron chi connectivity index (χ0n) is 14.5. The number of hydrogen-bond acceptors (Lipinski definition) is 5. The van der Waals surface area contributed by atoms with Gasteiger partial charge in [0.25, 0.3) is 0 Å². The molecule has 0 aromatic heterocycles. The largest absolute Gasteiger partial charge is 0.468 e. The van der Waals surface area contributed by atoms with Crippen LogP contribution in [0.15, 0.2) is 40.1 Å². The summed E-state index contributed by atoms with van der Waals surface area (Å²) in [5, 5.41) is 0. The third-order valence-corrected chi connectivity index (χ3v) is 5.02. The zero-order valence-corrected chi connectivity index (χ0v) is 15.4. The number of esters is 2. The van der Waals surface area contributed by atoms with Gasteiger partial charge in [0.15, 0.2) is 5.92 Å². The van der Waals surface area contributed by atoms with Gasteiger partial charge in [-0.05, 0) is 25.5 Å². The van der Waals surface area contributed by atoms with E-state index in [2.05, 4.69) is 9.47 Å². The molecule has 0 aliphatic heterocycles. The van der Waals surface area contributed by atoms with E-state index in [4.69, 9.17) is 0 Å². The van der Waals surface area contributed by atoms with E-state index < -0.39 is 28.7 Å². The summed E-state index contributed by atoms with van der Waals surface area (Å²) in [5.41, 5.74) is 1.07. The van der Waals surface area contributed by atoms with Gasteiger partial charge in [-0.1, -0.05) is 37.1 Å². The topological polar surface area (TPSA) is 69.7 Å². The van der Waals surface area contributed by atoms with Crippen LogP contribution >= 0.6 is 0 Å². The minimum Gasteiger partial charge on any atom is -0.468 e. The Morgan fingerprint density at radius 2 is 1.67 bits per heavy atom. The van der Waals surface area contributed by atoms with E-state index in [1.54, 1.807) is 12.1 Å². The van der Waals surface area contributed by atoms with Crippen molar-refractivity contribution < 1.29 is 23.3 Å². The number of carbonyl (C=O) groups excluding carboxylic acids is 2. The van der Waals surface area contributed by atoms with E-state index in [0.29, 0.717) is 16.2 Å². The van der Waals surface area contributed by atoms with Crippen molar-refractivity contribution in [3.8, 4) is 0 Å². The SMILES string of the molecule is CCC/C=C(\CC(C(=O)OC)C(=O)OC)S(=O)c1ccc(C)cc1. The molecule has 0 amide bonds. The fourth-order valence-electron chi connectivity index (χ4n) is 2.10. The van der Waals surface area contributed by atoms with Gasteiger partial charge in [0.2, 0.25) is 0 Å². The molecule has 1 rings (SSSR count). The predicted octanol–water partition coefficient (Wildman–Crippen LogP) is 3.14. The van der Waals surface area contributed by atoms with Crippen molar-refractivity contribution in [2.45, 2.75) is 38.0 Å². The van der Waals surface area contributed by atoms with Crippen molar-refractivity contribution in [2.24, 2.45) is 5.92 Å². The van der Waals surface area contributed by atoms with Gasteiger partial charge in [-0.2, -0.15) is 0 Å². The van der Waals surface area contributed by atoms with Crippen LogP contribution in [-0.4, -0.2) is 30.4 Å². The number of benzene rings is 1. The van der Waals surface area contributed by atoms with E-state index in [1.165, 1.54) is 14.2 Å². The summed E-state index contributed by atoms with van der Waals surface area (Å²) in [6.45, 7) is 3.95. The Bertz CT molecular complexity index is 603. The van der Waals surface area contributed by atoms with E-state index in [0.717, 1.165) is 12.0 Å². The van der Waals surface area contributed by atoms with E-state index in [9.17, 15) is 13.8 Å². The monoisotopic (exact) mass is 352 g/mol. The molecule has 5 nitrogen and oxygen atoms in total. The molecule has 0 radical (unpaired) electrons. The minimum absolute atomic E-state index is 0.0137. The van der Waals surface area contributed by atoms with Gasteiger partial charge >= 0.3 is 11.9 Å². The van der Waals surface area contributed by atoms with Gasteiger partial charge in [-0.15, -0.1) is 0 Å². The van der Waals surface area contributed by atoms with Crippen LogP contribution in [0.5, 0.6) is 0 Å². The first-order valence-electron chi connectivity index (χ1n) is 7.77. The molecular formula is C18H24O5S. The first-order chi connectivity index (χ1) is 11.4. The van der Waals surface area contributed by atoms with Crippen molar-refractivity contribution >= 4 is 22.7 Å². The second-order valence-corrected chi connectivity index (χ2v) is 6.88. The fraction of sp³-hybridized carbons (Fsp3) is 0.444. The Morgan fingerprint density at radius 1 is 1.12 bits per heavy atom. The Balaban J connectivity index is 3.11. The number of carbonyl (C=O) groups is 2. The third kappa shape index (κ3) is 5.60. The molecule has 1 unspecified atom stereocenters. The summed E-state index contributed by atoms with van der Waals surface area (Å²) in [6.07, 6.45) is 3.42. The van der Waals surface area contributed by atoms with Gasteiger partial charge in [0, 0.05) is 16.2 Å². The maximum atomic E-state index is 12.9. The molecule has 0 saturated carbocycles. The molecule has 24 heavy (non-hydrogen) atoms. The fourth-order valence-corrected chi connectivity index (χ4v) is 3.38. The van der Waals surface area contributed by atoms with Crippen LogP contribution in [0.1, 0.15) is 31.7 Å². The second-order valence-electron chi connectivity index (χ2n) is 5.34. The summed E-state index contributed by atoms with van der Waals surface area (Å²) in [5.74, 6) is -2.49. The van der Waals surface area contributed by atoms with Crippen LogP contribution < -0.4 is 0 Å². The van der Waals surface area contributed by atoms with Crippen molar-refractivity contribution in [3.63, 3.8) is 0 Å². The highest BCUT2D eigenvalue weighted by molar-refractivity contribution is 7.89. The predicted molar refractivity (Wildman–Crippen MR) is 92.7 cm³/mol. The van der Waals surface area contributed by atoms with Crippen molar-refractivity contribution in [1.29, 1.82) is 0 Å². The first kappa shape index (κ1) is 20.1. The molecule has 1 atom stereocenters. The lowest BCUT2D eigenvalue weighted by atomic mass is 10.1. The van der Waals surface area contributed by atoms with Crippen LogP contribution in [0.2, 0.25) is 0 Å². The van der Waals surface area contributed by atoms with Crippen LogP contribution in [0.3, 0.4) is 0 Å². The molecule has 0 spiro atoms. The summed E-state index contributed by atoms with van der Waals surface area (Å²) >= 11 is 0. The quantitative estimate of drug-likeness (QED) is 0.531. The number of allylic oxidation sites excluding steroid dienone is 2. The molecule has 0 heterocycles. The molecule has 0 fully saturated rings. The molecule has 1 aromatic rings. The van der Waals surface area contributed by atoms with Gasteiger partial charge in [-0.25, -0.2) is 4.21 Å². The highest BCUT2D eigenvalue weighted by atomic mass is 32.2. The van der Waals surface area contributed by atoms with Crippen molar-refractivity contribution in [3.05, 3.63) is 40.8 Å². The number of ether oxygens (including phenoxy) is 2. The Labute approximate surface area is 145 Å². The summed E-state index contributed by atoms with van der Waals surface area (Å²) in [6, 6.07) is 7.33. The lowest BCUT2D eigenvalue weighted by Crippen LogP contribution is -2.27. The molecule has 0 aliphatic rings. The number of rotatable bonds is 8. The lowest BCUT2D eigenvalue weighted by molar-refractivity contribution is -0.158. The molecule has 0 saturated heterocycles. The average Bonchev–Trinajstić information content (AvgIpc) is 2.60. The molecule has 6 heteroatoms. The molecule has 0 bridgehead atoms. The molecule has 0 N–H and O–H groups in total. The number of unbranched alkanes of at least 4 members (excludes halogenated alkanes) is 1. The first-order valence-corrected chi connectivity index (χ1v) is 8.92. The van der Waals surface area contributed by atoms with E-state index in [1.807, 2.05) is 32.1 Å². The molecule has 132 valence electrons. The van der Waals surface area contributed by atoms with E-state index in [-0.39, 0.29) is 6.42 Å². The van der Waals surface area contributed by atoms with Gasteiger partial charge < -0.3 is 9.47 Å². The lowest BCUT2D eigenvalue weighted by Gasteiger charge is -2.15. The average molecular weight is 352 g/mol. The van der Waals surface area contributed by atoms with Gasteiger partial charge in [0.05, 0.1) is 25.0 Å². The smallest absolute Gasteiger partial charge is 0.320 e. The molecule has 0 aliphatic carbocycles.